The second kappa shape index (κ2) is 6.48. The molecule has 0 aliphatic heterocycles. The van der Waals surface area contributed by atoms with Crippen molar-refractivity contribution in [1.82, 2.24) is 10.3 Å². The van der Waals surface area contributed by atoms with E-state index >= 15 is 0 Å². The zero-order valence-corrected chi connectivity index (χ0v) is 11.8. The molecule has 0 amide bonds. The molecule has 0 bridgehead atoms. The van der Waals surface area contributed by atoms with Gasteiger partial charge in [0.1, 0.15) is 0 Å². The highest BCUT2D eigenvalue weighted by Gasteiger charge is 2.01. The number of nitrogens with zero attached hydrogens (tertiary/aromatic N) is 1. The third-order valence-corrected chi connectivity index (χ3v) is 3.60. The highest BCUT2D eigenvalue weighted by Crippen LogP contribution is 2.16. The van der Waals surface area contributed by atoms with Crippen LogP contribution in [-0.2, 0) is 19.7 Å². The Kier molecular flexibility index (Phi) is 4.24. The predicted molar refractivity (Wildman–Crippen MR) is 84.7 cm³/mol. The monoisotopic (exact) mass is 278 g/mol. The summed E-state index contributed by atoms with van der Waals surface area (Å²) in [5.74, 6) is 0. The number of pyridine rings is 1. The van der Waals surface area contributed by atoms with E-state index in [1.165, 1.54) is 21.9 Å². The summed E-state index contributed by atoms with van der Waals surface area (Å²) in [6.07, 6.45) is 3.82. The quantitative estimate of drug-likeness (QED) is 0.754. The number of benzene rings is 2. The summed E-state index contributed by atoms with van der Waals surface area (Å²) in [6, 6.07) is 16.3. The molecule has 106 valence electrons. The van der Waals surface area contributed by atoms with Gasteiger partial charge in [0.2, 0.25) is 0 Å². The highest BCUT2D eigenvalue weighted by atomic mass is 16.3. The van der Waals surface area contributed by atoms with Gasteiger partial charge in [-0.1, -0.05) is 48.5 Å². The van der Waals surface area contributed by atoms with Crippen molar-refractivity contribution in [1.29, 1.82) is 0 Å². The van der Waals surface area contributed by atoms with Crippen molar-refractivity contribution in [2.24, 2.45) is 0 Å². The van der Waals surface area contributed by atoms with E-state index in [1.807, 2.05) is 42.7 Å². The molecule has 2 N–H and O–H groups in total. The molecule has 0 unspecified atom stereocenters. The van der Waals surface area contributed by atoms with Gasteiger partial charge in [-0.25, -0.2) is 0 Å². The van der Waals surface area contributed by atoms with Crippen molar-refractivity contribution in [3.63, 3.8) is 0 Å². The van der Waals surface area contributed by atoms with Crippen LogP contribution in [0, 0.1) is 0 Å². The van der Waals surface area contributed by atoms with E-state index in [-0.39, 0.29) is 6.61 Å². The number of hydrogen-bond donors (Lipinski definition) is 2. The van der Waals surface area contributed by atoms with Gasteiger partial charge in [-0.2, -0.15) is 0 Å². The van der Waals surface area contributed by atoms with Crippen LogP contribution in [0.5, 0.6) is 0 Å². The molecule has 3 aromatic rings. The van der Waals surface area contributed by atoms with Crippen LogP contribution in [0.4, 0.5) is 0 Å². The fourth-order valence-electron chi connectivity index (χ4n) is 2.42. The molecule has 3 heteroatoms. The minimum absolute atomic E-state index is 0.0926. The topological polar surface area (TPSA) is 45.1 Å². The Morgan fingerprint density at radius 1 is 0.857 bits per heavy atom. The Labute approximate surface area is 124 Å². The maximum Gasteiger partial charge on any atom is 0.0681 e. The first-order valence-corrected chi connectivity index (χ1v) is 7.08. The van der Waals surface area contributed by atoms with Gasteiger partial charge in [-0.3, -0.25) is 4.98 Å². The van der Waals surface area contributed by atoms with E-state index in [4.69, 9.17) is 5.11 Å². The molecule has 0 atom stereocenters. The molecule has 0 saturated carbocycles. The summed E-state index contributed by atoms with van der Waals surface area (Å²) in [6.45, 7) is 1.68. The number of aromatic nitrogens is 1. The van der Waals surface area contributed by atoms with E-state index in [0.717, 1.165) is 18.7 Å². The van der Waals surface area contributed by atoms with Crippen LogP contribution in [0.2, 0.25) is 0 Å². The van der Waals surface area contributed by atoms with Crippen LogP contribution < -0.4 is 5.32 Å². The van der Waals surface area contributed by atoms with Crippen LogP contribution >= 0.6 is 0 Å². The van der Waals surface area contributed by atoms with Crippen molar-refractivity contribution < 1.29 is 5.11 Å². The Morgan fingerprint density at radius 2 is 1.62 bits per heavy atom. The van der Waals surface area contributed by atoms with Crippen molar-refractivity contribution in [2.45, 2.75) is 19.7 Å². The van der Waals surface area contributed by atoms with Gasteiger partial charge in [0, 0.05) is 30.9 Å². The molecule has 1 heterocycles. The molecule has 2 aromatic carbocycles. The normalized spacial score (nSPS) is 10.9. The largest absolute Gasteiger partial charge is 0.392 e. The number of rotatable bonds is 5. The Hall–Kier alpha value is -2.23. The van der Waals surface area contributed by atoms with E-state index in [9.17, 15) is 0 Å². The summed E-state index contributed by atoms with van der Waals surface area (Å²) >= 11 is 0. The van der Waals surface area contributed by atoms with Crippen molar-refractivity contribution in [3.8, 4) is 0 Å². The molecule has 0 aliphatic carbocycles. The van der Waals surface area contributed by atoms with Crippen LogP contribution in [0.15, 0.2) is 60.9 Å². The standard InChI is InChI=1S/C18H18N2O/c21-13-15-7-5-14(6-8-15)9-19-11-17-12-20-10-16-3-1-2-4-18(16)17/h1-8,10,12,19,21H,9,11,13H2. The van der Waals surface area contributed by atoms with Gasteiger partial charge in [0.25, 0.3) is 0 Å². The van der Waals surface area contributed by atoms with Crippen LogP contribution in [0.25, 0.3) is 10.8 Å². The molecule has 3 nitrogen and oxygen atoms in total. The molecular formula is C18H18N2O. The van der Waals surface area contributed by atoms with Crippen molar-refractivity contribution in [3.05, 3.63) is 77.6 Å². The summed E-state index contributed by atoms with van der Waals surface area (Å²) in [7, 11) is 0. The molecule has 0 saturated heterocycles. The lowest BCUT2D eigenvalue weighted by Gasteiger charge is -2.08. The molecular weight excluding hydrogens is 260 g/mol. The number of fused-ring (bicyclic) bond motifs is 1. The molecule has 0 radical (unpaired) electrons. The van der Waals surface area contributed by atoms with E-state index in [1.54, 1.807) is 0 Å². The average molecular weight is 278 g/mol. The smallest absolute Gasteiger partial charge is 0.0681 e. The fraction of sp³-hybridized carbons (Fsp3) is 0.167. The Balaban J connectivity index is 1.66. The molecule has 21 heavy (non-hydrogen) atoms. The molecule has 0 spiro atoms. The van der Waals surface area contributed by atoms with E-state index in [0.29, 0.717) is 0 Å². The first kappa shape index (κ1) is 13.7. The van der Waals surface area contributed by atoms with Gasteiger partial charge in [-0.05, 0) is 22.1 Å². The molecule has 3 rings (SSSR count). The Bertz CT molecular complexity index is 717. The van der Waals surface area contributed by atoms with Gasteiger partial charge in [0.05, 0.1) is 6.61 Å². The third-order valence-electron chi connectivity index (χ3n) is 3.60. The van der Waals surface area contributed by atoms with Gasteiger partial charge in [0.15, 0.2) is 0 Å². The van der Waals surface area contributed by atoms with E-state index < -0.39 is 0 Å². The summed E-state index contributed by atoms with van der Waals surface area (Å²) in [4.78, 5) is 4.29. The number of aliphatic hydroxyl groups excluding tert-OH is 1. The van der Waals surface area contributed by atoms with Crippen LogP contribution in [0.3, 0.4) is 0 Å². The average Bonchev–Trinajstić information content (AvgIpc) is 2.56. The summed E-state index contributed by atoms with van der Waals surface area (Å²) < 4.78 is 0. The Morgan fingerprint density at radius 3 is 2.43 bits per heavy atom. The highest BCUT2D eigenvalue weighted by molar-refractivity contribution is 5.84. The predicted octanol–water partition coefficient (Wildman–Crippen LogP) is 3.02. The summed E-state index contributed by atoms with van der Waals surface area (Å²) in [5, 5.41) is 14.9. The lowest BCUT2D eigenvalue weighted by atomic mass is 10.1. The third kappa shape index (κ3) is 3.27. The molecule has 0 fully saturated rings. The number of hydrogen-bond acceptors (Lipinski definition) is 3. The van der Waals surface area contributed by atoms with Gasteiger partial charge < -0.3 is 10.4 Å². The van der Waals surface area contributed by atoms with Crippen LogP contribution in [0.1, 0.15) is 16.7 Å². The number of nitrogens with one attached hydrogen (secondary N) is 1. The molecule has 1 aromatic heterocycles. The zero-order valence-electron chi connectivity index (χ0n) is 11.8. The second-order valence-electron chi connectivity index (χ2n) is 5.10. The van der Waals surface area contributed by atoms with Crippen molar-refractivity contribution in [2.75, 3.05) is 0 Å². The maximum atomic E-state index is 9.03. The minimum atomic E-state index is 0.0926. The summed E-state index contributed by atoms with van der Waals surface area (Å²) in [5.41, 5.74) is 3.36. The first-order valence-electron chi connectivity index (χ1n) is 7.08. The zero-order chi connectivity index (χ0) is 14.5. The van der Waals surface area contributed by atoms with Crippen LogP contribution in [-0.4, -0.2) is 10.1 Å². The minimum Gasteiger partial charge on any atom is -0.392 e. The SMILES string of the molecule is OCc1ccc(CNCc2cncc3ccccc23)cc1. The second-order valence-corrected chi connectivity index (χ2v) is 5.10. The fourth-order valence-corrected chi connectivity index (χ4v) is 2.42. The maximum absolute atomic E-state index is 9.03. The lowest BCUT2D eigenvalue weighted by Crippen LogP contribution is -2.13. The lowest BCUT2D eigenvalue weighted by molar-refractivity contribution is 0.282. The van der Waals surface area contributed by atoms with Gasteiger partial charge >= 0.3 is 0 Å². The molecule has 0 aliphatic rings. The number of aliphatic hydroxyl groups is 1. The van der Waals surface area contributed by atoms with Crippen molar-refractivity contribution >= 4 is 10.8 Å². The first-order chi connectivity index (χ1) is 10.4. The van der Waals surface area contributed by atoms with E-state index in [2.05, 4.69) is 28.5 Å². The van der Waals surface area contributed by atoms with Gasteiger partial charge in [-0.15, -0.1) is 0 Å².